The summed E-state index contributed by atoms with van der Waals surface area (Å²) in [6.45, 7) is 2.10. The highest BCUT2D eigenvalue weighted by molar-refractivity contribution is 7.98. The lowest BCUT2D eigenvalue weighted by Crippen LogP contribution is -2.33. The zero-order chi connectivity index (χ0) is 14.4. The number of nitro benzene ring substituents is 1. The molecule has 1 atom stereocenters. The predicted molar refractivity (Wildman–Crippen MR) is 83.5 cm³/mol. The van der Waals surface area contributed by atoms with Crippen LogP contribution in [0.25, 0.3) is 0 Å². The van der Waals surface area contributed by atoms with Gasteiger partial charge < -0.3 is 10.2 Å². The number of anilines is 2. The Balaban J connectivity index is 3.21. The molecule has 19 heavy (non-hydrogen) atoms. The summed E-state index contributed by atoms with van der Waals surface area (Å²) in [5, 5.41) is 14.2. The Morgan fingerprint density at radius 2 is 2.21 bits per heavy atom. The van der Waals surface area contributed by atoms with Gasteiger partial charge in [0.1, 0.15) is 11.4 Å². The zero-order valence-corrected chi connectivity index (χ0v) is 12.7. The minimum absolute atomic E-state index is 0.145. The molecule has 0 radical (unpaired) electrons. The van der Waals surface area contributed by atoms with Crippen LogP contribution in [0.3, 0.4) is 0 Å². The van der Waals surface area contributed by atoms with Crippen LogP contribution < -0.4 is 10.2 Å². The number of thioether (sulfide) groups is 1. The predicted octanol–water partition coefficient (Wildman–Crippen LogP) is 3.21. The number of nitrogens with one attached hydrogen (secondary N) is 1. The van der Waals surface area contributed by atoms with Crippen molar-refractivity contribution in [3.05, 3.63) is 28.3 Å². The Labute approximate surface area is 118 Å². The average Bonchev–Trinajstić information content (AvgIpc) is 2.42. The van der Waals surface area contributed by atoms with Crippen LogP contribution in [0.15, 0.2) is 18.2 Å². The second-order valence-corrected chi connectivity index (χ2v) is 5.22. The van der Waals surface area contributed by atoms with Gasteiger partial charge in [0, 0.05) is 25.9 Å². The van der Waals surface area contributed by atoms with Gasteiger partial charge in [0.25, 0.3) is 0 Å². The molecular formula is C13H21N3O2S. The maximum atomic E-state index is 11.3. The second-order valence-electron chi connectivity index (χ2n) is 4.31. The van der Waals surface area contributed by atoms with E-state index in [-0.39, 0.29) is 10.6 Å². The molecule has 0 fully saturated rings. The van der Waals surface area contributed by atoms with Gasteiger partial charge in [0.2, 0.25) is 0 Å². The van der Waals surface area contributed by atoms with Crippen LogP contribution in [0, 0.1) is 10.1 Å². The van der Waals surface area contributed by atoms with Crippen LogP contribution >= 0.6 is 11.8 Å². The molecule has 0 aliphatic carbocycles. The van der Waals surface area contributed by atoms with E-state index in [1.807, 2.05) is 24.1 Å². The van der Waals surface area contributed by atoms with Crippen LogP contribution in [0.5, 0.6) is 0 Å². The highest BCUT2D eigenvalue weighted by Crippen LogP contribution is 2.36. The van der Waals surface area contributed by atoms with Crippen molar-refractivity contribution in [3.63, 3.8) is 0 Å². The Hall–Kier alpha value is -1.43. The monoisotopic (exact) mass is 283 g/mol. The SMILES string of the molecule is CCC(CSC)N(C)c1cccc(NC)c1[N+](=O)[O-]. The van der Waals surface area contributed by atoms with Gasteiger partial charge in [-0.1, -0.05) is 13.0 Å². The van der Waals surface area contributed by atoms with Crippen molar-refractivity contribution in [2.75, 3.05) is 36.3 Å². The molecule has 6 heteroatoms. The van der Waals surface area contributed by atoms with Crippen LogP contribution in [0.1, 0.15) is 13.3 Å². The van der Waals surface area contributed by atoms with Crippen molar-refractivity contribution in [2.24, 2.45) is 0 Å². The van der Waals surface area contributed by atoms with Crippen LogP contribution in [-0.4, -0.2) is 37.1 Å². The van der Waals surface area contributed by atoms with E-state index in [0.29, 0.717) is 17.4 Å². The maximum absolute atomic E-state index is 11.3. The number of benzene rings is 1. The van der Waals surface area contributed by atoms with Gasteiger partial charge in [-0.3, -0.25) is 10.1 Å². The fourth-order valence-corrected chi connectivity index (χ4v) is 2.95. The summed E-state index contributed by atoms with van der Waals surface area (Å²) >= 11 is 1.75. The number of rotatable bonds is 7. The van der Waals surface area contributed by atoms with Gasteiger partial charge in [-0.25, -0.2) is 0 Å². The van der Waals surface area contributed by atoms with Crippen molar-refractivity contribution in [1.82, 2.24) is 0 Å². The molecule has 106 valence electrons. The number of para-hydroxylation sites is 1. The summed E-state index contributed by atoms with van der Waals surface area (Å²) in [4.78, 5) is 13.0. The molecule has 0 amide bonds. The van der Waals surface area contributed by atoms with Gasteiger partial charge in [-0.2, -0.15) is 11.8 Å². The van der Waals surface area contributed by atoms with Crippen molar-refractivity contribution in [1.29, 1.82) is 0 Å². The molecule has 1 N–H and O–H groups in total. The third-order valence-corrected chi connectivity index (χ3v) is 3.94. The van der Waals surface area contributed by atoms with E-state index in [9.17, 15) is 10.1 Å². The quantitative estimate of drug-likeness (QED) is 0.615. The van der Waals surface area contributed by atoms with E-state index in [1.165, 1.54) is 0 Å². The highest BCUT2D eigenvalue weighted by Gasteiger charge is 2.24. The summed E-state index contributed by atoms with van der Waals surface area (Å²) in [5.41, 5.74) is 1.36. The van der Waals surface area contributed by atoms with Crippen LogP contribution in [0.4, 0.5) is 17.1 Å². The number of hydrogen-bond acceptors (Lipinski definition) is 5. The van der Waals surface area contributed by atoms with Gasteiger partial charge in [-0.05, 0) is 24.8 Å². The lowest BCUT2D eigenvalue weighted by Gasteiger charge is -2.28. The molecule has 1 aromatic carbocycles. The van der Waals surface area contributed by atoms with E-state index >= 15 is 0 Å². The Kier molecular flexibility index (Phi) is 5.95. The van der Waals surface area contributed by atoms with E-state index in [1.54, 1.807) is 24.9 Å². The Bertz CT molecular complexity index is 440. The fourth-order valence-electron chi connectivity index (χ4n) is 2.10. The molecule has 0 aliphatic heterocycles. The standard InChI is InChI=1S/C13H21N3O2S/c1-5-10(9-19-4)15(3)12-8-6-7-11(14-2)13(12)16(17)18/h6-8,10,14H,5,9H2,1-4H3. The normalized spacial score (nSPS) is 12.0. The molecule has 0 saturated heterocycles. The van der Waals surface area contributed by atoms with Crippen LogP contribution in [-0.2, 0) is 0 Å². The van der Waals surface area contributed by atoms with Crippen molar-refractivity contribution >= 4 is 28.8 Å². The summed E-state index contributed by atoms with van der Waals surface area (Å²) in [6, 6.07) is 5.67. The third-order valence-electron chi connectivity index (χ3n) is 3.22. The summed E-state index contributed by atoms with van der Waals surface area (Å²) in [7, 11) is 3.62. The second kappa shape index (κ2) is 7.23. The minimum Gasteiger partial charge on any atom is -0.382 e. The van der Waals surface area contributed by atoms with Crippen molar-refractivity contribution < 1.29 is 4.92 Å². The molecule has 1 aromatic rings. The maximum Gasteiger partial charge on any atom is 0.315 e. The molecule has 0 saturated carbocycles. The van der Waals surface area contributed by atoms with Crippen LogP contribution in [0.2, 0.25) is 0 Å². The van der Waals surface area contributed by atoms with Gasteiger partial charge >= 0.3 is 5.69 Å². The lowest BCUT2D eigenvalue weighted by atomic mass is 10.1. The highest BCUT2D eigenvalue weighted by atomic mass is 32.2. The molecule has 1 unspecified atom stereocenters. The fraction of sp³-hybridized carbons (Fsp3) is 0.538. The summed E-state index contributed by atoms with van der Waals surface area (Å²) < 4.78 is 0. The van der Waals surface area contributed by atoms with E-state index < -0.39 is 0 Å². The molecule has 5 nitrogen and oxygen atoms in total. The van der Waals surface area contributed by atoms with E-state index in [4.69, 9.17) is 0 Å². The first kappa shape index (κ1) is 15.6. The van der Waals surface area contributed by atoms with E-state index in [0.717, 1.165) is 12.2 Å². The molecule has 0 bridgehead atoms. The van der Waals surface area contributed by atoms with Gasteiger partial charge in [-0.15, -0.1) is 0 Å². The summed E-state index contributed by atoms with van der Waals surface area (Å²) in [5.74, 6) is 0.952. The molecule has 0 heterocycles. The minimum atomic E-state index is -0.316. The first-order chi connectivity index (χ1) is 9.06. The largest absolute Gasteiger partial charge is 0.382 e. The van der Waals surface area contributed by atoms with E-state index in [2.05, 4.69) is 18.5 Å². The first-order valence-electron chi connectivity index (χ1n) is 6.23. The molecule has 0 spiro atoms. The molecule has 0 aliphatic rings. The molecular weight excluding hydrogens is 262 g/mol. The first-order valence-corrected chi connectivity index (χ1v) is 7.63. The molecule has 1 rings (SSSR count). The zero-order valence-electron chi connectivity index (χ0n) is 11.8. The van der Waals surface area contributed by atoms with Crippen molar-refractivity contribution in [2.45, 2.75) is 19.4 Å². The number of nitro groups is 1. The average molecular weight is 283 g/mol. The number of hydrogen-bond donors (Lipinski definition) is 1. The third kappa shape index (κ3) is 3.53. The number of nitrogens with zero attached hydrogens (tertiary/aromatic N) is 2. The topological polar surface area (TPSA) is 58.4 Å². The lowest BCUT2D eigenvalue weighted by molar-refractivity contribution is -0.383. The van der Waals surface area contributed by atoms with Gasteiger partial charge in [0.05, 0.1) is 4.92 Å². The Morgan fingerprint density at radius 1 is 1.53 bits per heavy atom. The Morgan fingerprint density at radius 3 is 2.68 bits per heavy atom. The smallest absolute Gasteiger partial charge is 0.315 e. The summed E-state index contributed by atoms with van der Waals surface area (Å²) in [6.07, 6.45) is 3.01. The molecule has 0 aromatic heterocycles. The van der Waals surface area contributed by atoms with Crippen molar-refractivity contribution in [3.8, 4) is 0 Å². The van der Waals surface area contributed by atoms with Gasteiger partial charge in [0.15, 0.2) is 0 Å².